The fourth-order valence-electron chi connectivity index (χ4n) is 3.72. The zero-order valence-electron chi connectivity index (χ0n) is 20.0. The van der Waals surface area contributed by atoms with Crippen LogP contribution in [-0.4, -0.2) is 24.7 Å². The number of nitrogens with one attached hydrogen (secondary N) is 2. The van der Waals surface area contributed by atoms with Crippen molar-refractivity contribution in [3.63, 3.8) is 0 Å². The second kappa shape index (κ2) is 10.5. The molecule has 8 heteroatoms. The summed E-state index contributed by atoms with van der Waals surface area (Å²) >= 11 is 5.54. The molecule has 2 N–H and O–H groups in total. The van der Waals surface area contributed by atoms with E-state index in [4.69, 9.17) is 22.1 Å². The minimum Gasteiger partial charge on any atom is -0.471 e. The first kappa shape index (κ1) is 23.5. The van der Waals surface area contributed by atoms with Crippen LogP contribution in [0.1, 0.15) is 35.0 Å². The number of ether oxygens (including phenoxy) is 1. The van der Waals surface area contributed by atoms with Crippen molar-refractivity contribution in [2.75, 3.05) is 10.6 Å². The van der Waals surface area contributed by atoms with Crippen molar-refractivity contribution in [1.82, 2.24) is 19.6 Å². The second-order valence-corrected chi connectivity index (χ2v) is 8.66. The van der Waals surface area contributed by atoms with Gasteiger partial charge >= 0.3 is 0 Å². The summed E-state index contributed by atoms with van der Waals surface area (Å²) in [6.07, 6.45) is 4.59. The maximum Gasteiger partial charge on any atom is 0.180 e. The van der Waals surface area contributed by atoms with Gasteiger partial charge in [0.2, 0.25) is 0 Å². The van der Waals surface area contributed by atoms with Gasteiger partial charge in [0.15, 0.2) is 11.8 Å². The van der Waals surface area contributed by atoms with Crippen LogP contribution >= 0.6 is 12.2 Å². The zero-order valence-corrected chi connectivity index (χ0v) is 20.8. The van der Waals surface area contributed by atoms with Crippen molar-refractivity contribution in [1.29, 1.82) is 0 Å². The highest BCUT2D eigenvalue weighted by Crippen LogP contribution is 2.22. The lowest BCUT2D eigenvalue weighted by Crippen LogP contribution is -2.19. The lowest BCUT2D eigenvalue weighted by atomic mass is 10.1. The third-order valence-corrected chi connectivity index (χ3v) is 5.99. The van der Waals surface area contributed by atoms with Gasteiger partial charge in [0.05, 0.1) is 41.7 Å². The van der Waals surface area contributed by atoms with Crippen LogP contribution in [0.15, 0.2) is 60.9 Å². The van der Waals surface area contributed by atoms with Crippen molar-refractivity contribution >= 4 is 28.7 Å². The molecule has 4 rings (SSSR count). The van der Waals surface area contributed by atoms with Crippen molar-refractivity contribution in [2.45, 2.75) is 47.4 Å². The zero-order chi connectivity index (χ0) is 24.1. The summed E-state index contributed by atoms with van der Waals surface area (Å²) in [5.74, 6) is 0.813. The number of aromatic nitrogens is 4. The molecule has 0 radical (unpaired) electrons. The molecule has 0 spiro atoms. The normalized spacial score (nSPS) is 10.8. The average molecular weight is 475 g/mol. The standard InChI is InChI=1S/C26H30N6OS/c1-5-21-10-12-24(13-11-21)33-17-31-16-23(14-27-31)28-26(34)29-25-19(3)30-32(20(25)4)15-22-9-7-6-8-18(22)2/h6-14,16H,5,15,17H2,1-4H3,(H2,28,29,34). The van der Waals surface area contributed by atoms with Gasteiger partial charge in [0.25, 0.3) is 0 Å². The van der Waals surface area contributed by atoms with Crippen LogP contribution in [-0.2, 0) is 19.7 Å². The third-order valence-electron chi connectivity index (χ3n) is 5.79. The van der Waals surface area contributed by atoms with Crippen LogP contribution in [0, 0.1) is 20.8 Å². The highest BCUT2D eigenvalue weighted by Gasteiger charge is 2.14. The average Bonchev–Trinajstić information content (AvgIpc) is 3.38. The Morgan fingerprint density at radius 2 is 1.79 bits per heavy atom. The molecule has 0 fully saturated rings. The van der Waals surface area contributed by atoms with E-state index in [1.54, 1.807) is 10.9 Å². The molecule has 0 saturated carbocycles. The van der Waals surface area contributed by atoms with E-state index in [1.807, 2.05) is 36.9 Å². The van der Waals surface area contributed by atoms with Crippen LogP contribution in [0.2, 0.25) is 0 Å². The van der Waals surface area contributed by atoms with Gasteiger partial charge in [0.1, 0.15) is 5.75 Å². The number of hydrogen-bond acceptors (Lipinski definition) is 4. The summed E-state index contributed by atoms with van der Waals surface area (Å²) < 4.78 is 9.53. The van der Waals surface area contributed by atoms with Crippen molar-refractivity contribution in [3.05, 3.63) is 89.0 Å². The number of hydrogen-bond donors (Lipinski definition) is 2. The number of benzene rings is 2. The SMILES string of the molecule is CCc1ccc(OCn2cc(NC(=S)Nc3c(C)nn(Cc4ccccc4C)c3C)cn2)cc1. The molecule has 2 aromatic carbocycles. The predicted molar refractivity (Wildman–Crippen MR) is 141 cm³/mol. The van der Waals surface area contributed by atoms with Crippen molar-refractivity contribution in [2.24, 2.45) is 0 Å². The Labute approximate surface area is 205 Å². The van der Waals surface area contributed by atoms with E-state index in [2.05, 4.69) is 66.0 Å². The summed E-state index contributed by atoms with van der Waals surface area (Å²) in [6, 6.07) is 16.5. The fraction of sp³-hybridized carbons (Fsp3) is 0.269. The van der Waals surface area contributed by atoms with E-state index in [1.165, 1.54) is 16.7 Å². The molecule has 34 heavy (non-hydrogen) atoms. The molecule has 0 saturated heterocycles. The third kappa shape index (κ3) is 5.63. The van der Waals surface area contributed by atoms with Gasteiger partial charge in [-0.25, -0.2) is 4.68 Å². The van der Waals surface area contributed by atoms with Crippen LogP contribution < -0.4 is 15.4 Å². The Bertz CT molecular complexity index is 1270. The number of aryl methyl sites for hydroxylation is 3. The minimum atomic E-state index is 0.317. The highest BCUT2D eigenvalue weighted by atomic mass is 32.1. The van der Waals surface area contributed by atoms with Crippen LogP contribution in [0.4, 0.5) is 11.4 Å². The molecular formula is C26H30N6OS. The van der Waals surface area contributed by atoms with Crippen LogP contribution in [0.3, 0.4) is 0 Å². The molecule has 0 aliphatic heterocycles. The number of thiocarbonyl (C=S) groups is 1. The maximum absolute atomic E-state index is 5.81. The molecule has 7 nitrogen and oxygen atoms in total. The number of nitrogens with zero attached hydrogens (tertiary/aromatic N) is 4. The molecule has 0 unspecified atom stereocenters. The summed E-state index contributed by atoms with van der Waals surface area (Å²) in [6.45, 7) is 9.31. The number of rotatable bonds is 8. The Kier molecular flexibility index (Phi) is 7.27. The van der Waals surface area contributed by atoms with E-state index in [9.17, 15) is 0 Å². The monoisotopic (exact) mass is 474 g/mol. The lowest BCUT2D eigenvalue weighted by molar-refractivity contribution is 0.221. The summed E-state index contributed by atoms with van der Waals surface area (Å²) in [4.78, 5) is 0. The van der Waals surface area contributed by atoms with Gasteiger partial charge in [-0.3, -0.25) is 4.68 Å². The summed E-state index contributed by atoms with van der Waals surface area (Å²) in [7, 11) is 0. The molecule has 0 aliphatic carbocycles. The van der Waals surface area contributed by atoms with Crippen LogP contribution in [0.5, 0.6) is 5.75 Å². The number of anilines is 2. The van der Waals surface area contributed by atoms with Gasteiger partial charge in [0, 0.05) is 0 Å². The van der Waals surface area contributed by atoms with E-state index in [-0.39, 0.29) is 0 Å². The van der Waals surface area contributed by atoms with E-state index < -0.39 is 0 Å². The smallest absolute Gasteiger partial charge is 0.180 e. The van der Waals surface area contributed by atoms with E-state index >= 15 is 0 Å². The molecule has 176 valence electrons. The first-order valence-electron chi connectivity index (χ1n) is 11.3. The van der Waals surface area contributed by atoms with Gasteiger partial charge in [-0.05, 0) is 68.2 Å². The lowest BCUT2D eigenvalue weighted by Gasteiger charge is -2.11. The van der Waals surface area contributed by atoms with Gasteiger partial charge in [-0.15, -0.1) is 0 Å². The van der Waals surface area contributed by atoms with Gasteiger partial charge in [-0.2, -0.15) is 10.2 Å². The highest BCUT2D eigenvalue weighted by molar-refractivity contribution is 7.80. The second-order valence-electron chi connectivity index (χ2n) is 8.25. The molecule has 0 bridgehead atoms. The maximum atomic E-state index is 5.81. The Morgan fingerprint density at radius 3 is 2.53 bits per heavy atom. The Hall–Kier alpha value is -3.65. The molecule has 0 amide bonds. The van der Waals surface area contributed by atoms with Crippen LogP contribution in [0.25, 0.3) is 0 Å². The Morgan fingerprint density at radius 1 is 1.03 bits per heavy atom. The fourth-order valence-corrected chi connectivity index (χ4v) is 3.94. The minimum absolute atomic E-state index is 0.317. The largest absolute Gasteiger partial charge is 0.471 e. The summed E-state index contributed by atoms with van der Waals surface area (Å²) in [5.41, 5.74) is 7.40. The summed E-state index contributed by atoms with van der Waals surface area (Å²) in [5, 5.41) is 16.0. The molecular weight excluding hydrogens is 444 g/mol. The van der Waals surface area contributed by atoms with Crippen molar-refractivity contribution in [3.8, 4) is 5.75 Å². The van der Waals surface area contributed by atoms with Gasteiger partial charge < -0.3 is 15.4 Å². The molecule has 4 aromatic rings. The quantitative estimate of drug-likeness (QED) is 0.331. The molecule has 2 aromatic heterocycles. The molecule has 0 aliphatic rings. The topological polar surface area (TPSA) is 68.9 Å². The van der Waals surface area contributed by atoms with Gasteiger partial charge in [-0.1, -0.05) is 43.3 Å². The Balaban J connectivity index is 1.34. The van der Waals surface area contributed by atoms with Crippen molar-refractivity contribution < 1.29 is 4.74 Å². The molecule has 2 heterocycles. The molecule has 0 atom stereocenters. The first-order chi connectivity index (χ1) is 16.4. The predicted octanol–water partition coefficient (Wildman–Crippen LogP) is 5.46. The first-order valence-corrected chi connectivity index (χ1v) is 11.7. The van der Waals surface area contributed by atoms with E-state index in [0.29, 0.717) is 11.8 Å². The van der Waals surface area contributed by atoms with E-state index in [0.717, 1.165) is 41.5 Å².